The van der Waals surface area contributed by atoms with Gasteiger partial charge in [-0.05, 0) is 42.8 Å². The molecule has 0 N–H and O–H groups in total. The molecule has 0 bridgehead atoms. The molecule has 0 amide bonds. The Balaban J connectivity index is 2.05. The van der Waals surface area contributed by atoms with Gasteiger partial charge in [0.1, 0.15) is 0 Å². The van der Waals surface area contributed by atoms with Gasteiger partial charge in [0.2, 0.25) is 0 Å². The van der Waals surface area contributed by atoms with Crippen molar-refractivity contribution in [2.45, 2.75) is 296 Å². The van der Waals surface area contributed by atoms with Crippen LogP contribution in [-0.4, -0.2) is 14.4 Å². The summed E-state index contributed by atoms with van der Waals surface area (Å²) in [7, 11) is -1.74. The van der Waals surface area contributed by atoms with Crippen LogP contribution in [0, 0.1) is 11.8 Å². The van der Waals surface area contributed by atoms with Gasteiger partial charge in [0.15, 0.2) is 8.32 Å². The third kappa shape index (κ3) is 29.6. The monoisotopic (exact) mass is 719 g/mol. The van der Waals surface area contributed by atoms with E-state index >= 15 is 0 Å². The number of unbranched alkanes of at least 4 members (excludes halogenated alkanes) is 30. The number of hydrogen-bond acceptors (Lipinski definition) is 1. The zero-order valence-electron chi connectivity index (χ0n) is 36.3. The highest BCUT2D eigenvalue weighted by Gasteiger charge is 2.39. The molecular weight excluding hydrogens is 621 g/mol. The van der Waals surface area contributed by atoms with Gasteiger partial charge in [0.05, 0.1) is 0 Å². The molecule has 1 aliphatic rings. The van der Waals surface area contributed by atoms with Crippen LogP contribution in [0.3, 0.4) is 0 Å². The maximum Gasteiger partial charge on any atom is 0.192 e. The first-order valence-corrected chi connectivity index (χ1v) is 26.8. The fourth-order valence-electron chi connectivity index (χ4n) is 7.88. The summed E-state index contributed by atoms with van der Waals surface area (Å²) in [6, 6.07) is 0. The summed E-state index contributed by atoms with van der Waals surface area (Å²) in [5, 5.41) is 0.299. The predicted octanol–water partition coefficient (Wildman–Crippen LogP) is 18.1. The van der Waals surface area contributed by atoms with E-state index in [4.69, 9.17) is 4.43 Å². The molecule has 2 atom stereocenters. The molecule has 300 valence electrons. The quantitative estimate of drug-likeness (QED) is 0.0454. The van der Waals surface area contributed by atoms with Gasteiger partial charge >= 0.3 is 0 Å². The minimum Gasteiger partial charge on any atom is -0.414 e. The molecule has 1 aliphatic carbocycles. The molecule has 0 spiro atoms. The lowest BCUT2D eigenvalue weighted by molar-refractivity contribution is 0.107. The summed E-state index contributed by atoms with van der Waals surface area (Å²) in [5.74, 6) is 1.84. The summed E-state index contributed by atoms with van der Waals surface area (Å²) < 4.78 is 7.12. The molecule has 0 heterocycles. The highest BCUT2D eigenvalue weighted by atomic mass is 28.4. The van der Waals surface area contributed by atoms with Crippen molar-refractivity contribution in [3.05, 3.63) is 0 Å². The number of rotatable bonds is 39. The predicted molar refractivity (Wildman–Crippen MR) is 231 cm³/mol. The van der Waals surface area contributed by atoms with Gasteiger partial charge in [0, 0.05) is 6.10 Å². The first-order valence-electron chi connectivity index (χ1n) is 23.8. The topological polar surface area (TPSA) is 9.23 Å². The Hall–Kier alpha value is 0.177. The van der Waals surface area contributed by atoms with Crippen LogP contribution in [-0.2, 0) is 4.43 Å². The molecule has 0 saturated heterocycles. The van der Waals surface area contributed by atoms with Crippen LogP contribution in [0.5, 0.6) is 0 Å². The molecule has 0 aliphatic heterocycles. The van der Waals surface area contributed by atoms with E-state index in [2.05, 4.69) is 47.7 Å². The lowest BCUT2D eigenvalue weighted by Gasteiger charge is -2.41. The second-order valence-corrected chi connectivity index (χ2v) is 23.9. The molecule has 0 unspecified atom stereocenters. The summed E-state index contributed by atoms with van der Waals surface area (Å²) in [5.41, 5.74) is 0. The van der Waals surface area contributed by atoms with Crippen molar-refractivity contribution < 1.29 is 4.43 Å². The Labute approximate surface area is 320 Å². The van der Waals surface area contributed by atoms with Gasteiger partial charge in [0.25, 0.3) is 0 Å². The Kier molecular flexibility index (Phi) is 31.4. The SMILES string of the molecule is CCCCCCCCCCCCCCCCCC[C@H](C)[C@H](CCCCCCCCCCCCCCCCCCC1CC1)O[Si](C)(C)C(C)(C)C. The van der Waals surface area contributed by atoms with Crippen molar-refractivity contribution in [1.82, 2.24) is 0 Å². The third-order valence-corrected chi connectivity index (χ3v) is 17.5. The van der Waals surface area contributed by atoms with Gasteiger partial charge in [-0.3, -0.25) is 0 Å². The zero-order valence-corrected chi connectivity index (χ0v) is 37.3. The third-order valence-electron chi connectivity index (χ3n) is 12.9. The van der Waals surface area contributed by atoms with Crippen molar-refractivity contribution in [3.8, 4) is 0 Å². The van der Waals surface area contributed by atoms with Gasteiger partial charge in [-0.1, -0.05) is 259 Å². The van der Waals surface area contributed by atoms with Gasteiger partial charge in [-0.25, -0.2) is 0 Å². The summed E-state index contributed by atoms with van der Waals surface area (Å²) in [6.07, 6.45) is 54.4. The smallest absolute Gasteiger partial charge is 0.192 e. The molecule has 1 rings (SSSR count). The van der Waals surface area contributed by atoms with Crippen molar-refractivity contribution in [1.29, 1.82) is 0 Å². The molecule has 50 heavy (non-hydrogen) atoms. The Bertz CT molecular complexity index is 691. The minimum absolute atomic E-state index is 0.299. The highest BCUT2D eigenvalue weighted by molar-refractivity contribution is 6.74. The maximum absolute atomic E-state index is 7.12. The van der Waals surface area contributed by atoms with Gasteiger partial charge < -0.3 is 4.43 Å². The first kappa shape index (κ1) is 48.2. The summed E-state index contributed by atoms with van der Waals surface area (Å²) in [6.45, 7) is 17.0. The van der Waals surface area contributed by atoms with E-state index in [1.807, 2.05) is 0 Å². The van der Waals surface area contributed by atoms with Gasteiger partial charge in [-0.15, -0.1) is 0 Å². The van der Waals surface area contributed by atoms with Crippen molar-refractivity contribution >= 4 is 8.32 Å². The largest absolute Gasteiger partial charge is 0.414 e. The van der Waals surface area contributed by atoms with E-state index in [0.29, 0.717) is 17.1 Å². The van der Waals surface area contributed by atoms with Crippen LogP contribution in [0.25, 0.3) is 0 Å². The molecular formula is C48H98OSi. The van der Waals surface area contributed by atoms with Crippen molar-refractivity contribution in [3.63, 3.8) is 0 Å². The summed E-state index contributed by atoms with van der Waals surface area (Å²) >= 11 is 0. The molecule has 2 heteroatoms. The molecule has 0 aromatic heterocycles. The Morgan fingerprint density at radius 1 is 0.460 bits per heavy atom. The normalized spacial score (nSPS) is 15.2. The highest BCUT2D eigenvalue weighted by Crippen LogP contribution is 2.39. The zero-order chi connectivity index (χ0) is 36.6. The second kappa shape index (κ2) is 32.6. The van der Waals surface area contributed by atoms with Crippen LogP contribution in [0.1, 0.15) is 272 Å². The average molecular weight is 719 g/mol. The van der Waals surface area contributed by atoms with Crippen LogP contribution >= 0.6 is 0 Å². The van der Waals surface area contributed by atoms with Crippen LogP contribution < -0.4 is 0 Å². The Morgan fingerprint density at radius 2 is 0.760 bits per heavy atom. The molecule has 0 radical (unpaired) electrons. The molecule has 1 fully saturated rings. The maximum atomic E-state index is 7.12. The van der Waals surface area contributed by atoms with E-state index in [1.165, 1.54) is 238 Å². The van der Waals surface area contributed by atoms with Crippen LogP contribution in [0.4, 0.5) is 0 Å². The van der Waals surface area contributed by atoms with Crippen LogP contribution in [0.15, 0.2) is 0 Å². The van der Waals surface area contributed by atoms with E-state index in [9.17, 15) is 0 Å². The van der Waals surface area contributed by atoms with E-state index < -0.39 is 8.32 Å². The average Bonchev–Trinajstić information content (AvgIpc) is 3.91. The van der Waals surface area contributed by atoms with Gasteiger partial charge in [-0.2, -0.15) is 0 Å². The number of hydrogen-bond donors (Lipinski definition) is 0. The van der Waals surface area contributed by atoms with Crippen LogP contribution in [0.2, 0.25) is 18.1 Å². The molecule has 1 nitrogen and oxygen atoms in total. The molecule has 1 saturated carbocycles. The molecule has 0 aromatic rings. The minimum atomic E-state index is -1.74. The van der Waals surface area contributed by atoms with E-state index in [-0.39, 0.29) is 0 Å². The van der Waals surface area contributed by atoms with Crippen molar-refractivity contribution in [2.75, 3.05) is 0 Å². The lowest BCUT2D eigenvalue weighted by atomic mass is 9.93. The fourth-order valence-corrected chi connectivity index (χ4v) is 9.34. The fraction of sp³-hybridized carbons (Fsp3) is 1.00. The summed E-state index contributed by atoms with van der Waals surface area (Å²) in [4.78, 5) is 0. The lowest BCUT2D eigenvalue weighted by Crippen LogP contribution is -2.45. The standard InChI is InChI=1S/C48H98OSi/c1-8-9-10-11-12-13-14-15-16-19-22-25-28-31-34-37-40-45(2)47(49-50(6,7)48(3,4)5)42-39-36-33-30-27-24-21-18-17-20-23-26-29-32-35-38-41-46-43-44-46/h45-47H,8-44H2,1-7H3/t45-,47-/m0/s1. The molecule has 0 aromatic carbocycles. The van der Waals surface area contributed by atoms with E-state index in [1.54, 1.807) is 0 Å². The second-order valence-electron chi connectivity index (χ2n) is 19.2. The first-order chi connectivity index (χ1) is 24.2. The Morgan fingerprint density at radius 3 is 1.08 bits per heavy atom. The van der Waals surface area contributed by atoms with Crippen molar-refractivity contribution in [2.24, 2.45) is 11.8 Å². The van der Waals surface area contributed by atoms with E-state index in [0.717, 1.165) is 5.92 Å².